The molecule has 0 aliphatic rings. The van der Waals surface area contributed by atoms with Crippen molar-refractivity contribution in [1.82, 2.24) is 0 Å². The molecule has 0 saturated carbocycles. The van der Waals surface area contributed by atoms with Gasteiger partial charge in [0.1, 0.15) is 0 Å². The number of alkyl halides is 2. The van der Waals surface area contributed by atoms with Gasteiger partial charge in [-0.3, -0.25) is 4.57 Å². The molecule has 0 spiro atoms. The maximum atomic E-state index is 14.9. The van der Waals surface area contributed by atoms with E-state index >= 15 is 0 Å². The molecule has 1 unspecified atom stereocenters. The largest absolute Gasteiger partial charge is 0.350 e. The van der Waals surface area contributed by atoms with Gasteiger partial charge in [0.15, 0.2) is 0 Å². The summed E-state index contributed by atoms with van der Waals surface area (Å²) in [6.07, 6.45) is -0.578. The van der Waals surface area contributed by atoms with Gasteiger partial charge in [-0.25, -0.2) is 0 Å². The van der Waals surface area contributed by atoms with E-state index in [9.17, 15) is 13.3 Å². The van der Waals surface area contributed by atoms with Crippen LogP contribution in [0.15, 0.2) is 60.7 Å². The maximum absolute atomic E-state index is 14.9. The molecule has 0 fully saturated rings. The molecule has 0 aliphatic carbocycles. The molecule has 1 atom stereocenters. The van der Waals surface area contributed by atoms with Crippen LogP contribution in [-0.4, -0.2) is 6.10 Å². The highest BCUT2D eigenvalue weighted by Crippen LogP contribution is 2.65. The van der Waals surface area contributed by atoms with Crippen molar-refractivity contribution in [3.8, 4) is 0 Å². The van der Waals surface area contributed by atoms with Gasteiger partial charge in [-0.1, -0.05) is 48.5 Å². The summed E-state index contributed by atoms with van der Waals surface area (Å²) in [5.74, 6) is 0. The fourth-order valence-corrected chi connectivity index (χ4v) is 4.24. The average molecular weight is 310 g/mol. The zero-order valence-electron chi connectivity index (χ0n) is 11.9. The van der Waals surface area contributed by atoms with Crippen LogP contribution in [0.1, 0.15) is 19.4 Å². The molecular formula is C16H17F2O2P. The first-order chi connectivity index (χ1) is 9.88. The molecule has 0 aliphatic heterocycles. The van der Waals surface area contributed by atoms with Crippen LogP contribution in [-0.2, 0) is 14.8 Å². The highest BCUT2D eigenvalue weighted by atomic mass is 31.2. The Morgan fingerprint density at radius 1 is 0.952 bits per heavy atom. The summed E-state index contributed by atoms with van der Waals surface area (Å²) in [6, 6.07) is 14.8. The average Bonchev–Trinajstić information content (AvgIpc) is 2.48. The SMILES string of the molecule is CC(C)OP(=O)(c1ccccc1)C(F)(F)c1ccccc1. The highest BCUT2D eigenvalue weighted by Gasteiger charge is 2.54. The van der Waals surface area contributed by atoms with E-state index in [1.807, 2.05) is 0 Å². The lowest BCUT2D eigenvalue weighted by atomic mass is 10.2. The van der Waals surface area contributed by atoms with Gasteiger partial charge in [0.2, 0.25) is 0 Å². The first-order valence-corrected chi connectivity index (χ1v) is 8.28. The van der Waals surface area contributed by atoms with Gasteiger partial charge in [0.05, 0.1) is 6.10 Å². The van der Waals surface area contributed by atoms with Gasteiger partial charge < -0.3 is 4.52 Å². The Hall–Kier alpha value is -1.51. The van der Waals surface area contributed by atoms with Crippen molar-refractivity contribution < 1.29 is 17.9 Å². The number of halogens is 2. The lowest BCUT2D eigenvalue weighted by Gasteiger charge is -2.29. The molecule has 0 heterocycles. The molecule has 2 aromatic rings. The third-order valence-electron chi connectivity index (χ3n) is 2.95. The number of benzene rings is 2. The van der Waals surface area contributed by atoms with Crippen molar-refractivity contribution in [1.29, 1.82) is 0 Å². The summed E-state index contributed by atoms with van der Waals surface area (Å²) < 4.78 is 48.0. The first-order valence-electron chi connectivity index (χ1n) is 6.65. The Balaban J connectivity index is 2.58. The lowest BCUT2D eigenvalue weighted by Crippen LogP contribution is -2.25. The molecule has 0 radical (unpaired) electrons. The van der Waals surface area contributed by atoms with Crippen molar-refractivity contribution in [2.75, 3.05) is 0 Å². The number of hydrogen-bond acceptors (Lipinski definition) is 2. The number of rotatable bonds is 5. The van der Waals surface area contributed by atoms with Crippen molar-refractivity contribution >= 4 is 12.7 Å². The second-order valence-electron chi connectivity index (χ2n) is 4.95. The van der Waals surface area contributed by atoms with Crippen molar-refractivity contribution in [3.63, 3.8) is 0 Å². The van der Waals surface area contributed by atoms with E-state index in [2.05, 4.69) is 0 Å². The summed E-state index contributed by atoms with van der Waals surface area (Å²) >= 11 is 0. The van der Waals surface area contributed by atoms with E-state index < -0.39 is 19.1 Å². The molecule has 2 rings (SSSR count). The second kappa shape index (κ2) is 6.08. The standard InChI is InChI=1S/C16H17F2O2P/c1-13(2)20-21(19,15-11-7-4-8-12-15)16(17,18)14-9-5-3-6-10-14/h3-13H,1-2H3. The van der Waals surface area contributed by atoms with Crippen LogP contribution < -0.4 is 5.30 Å². The second-order valence-corrected chi connectivity index (χ2v) is 7.34. The smallest absolute Gasteiger partial charge is 0.318 e. The molecule has 0 aromatic heterocycles. The van der Waals surface area contributed by atoms with Gasteiger partial charge in [-0.15, -0.1) is 0 Å². The molecule has 0 N–H and O–H groups in total. The minimum atomic E-state index is -4.39. The Morgan fingerprint density at radius 2 is 1.43 bits per heavy atom. The molecule has 2 aromatic carbocycles. The topological polar surface area (TPSA) is 26.3 Å². The van der Waals surface area contributed by atoms with Crippen molar-refractivity contribution in [2.24, 2.45) is 0 Å². The molecule has 2 nitrogen and oxygen atoms in total. The molecule has 0 amide bonds. The monoisotopic (exact) mass is 310 g/mol. The first kappa shape index (κ1) is 15.9. The van der Waals surface area contributed by atoms with Gasteiger partial charge in [-0.2, -0.15) is 8.78 Å². The van der Waals surface area contributed by atoms with Crippen LogP contribution in [0.25, 0.3) is 0 Å². The van der Waals surface area contributed by atoms with Crippen LogP contribution in [0, 0.1) is 0 Å². The molecule has 0 saturated heterocycles. The van der Waals surface area contributed by atoms with E-state index in [-0.39, 0.29) is 10.9 Å². The van der Waals surface area contributed by atoms with Crippen LogP contribution >= 0.6 is 7.37 Å². The van der Waals surface area contributed by atoms with Crippen LogP contribution in [0.4, 0.5) is 8.78 Å². The molecule has 5 heteroatoms. The van der Waals surface area contributed by atoms with Crippen LogP contribution in [0.2, 0.25) is 0 Å². The van der Waals surface area contributed by atoms with Crippen molar-refractivity contribution in [3.05, 3.63) is 66.2 Å². The van der Waals surface area contributed by atoms with E-state index in [1.54, 1.807) is 38.1 Å². The zero-order valence-corrected chi connectivity index (χ0v) is 12.8. The van der Waals surface area contributed by atoms with E-state index in [4.69, 9.17) is 4.52 Å². The minimum Gasteiger partial charge on any atom is -0.318 e. The van der Waals surface area contributed by atoms with Gasteiger partial charge in [0.25, 0.3) is 0 Å². The van der Waals surface area contributed by atoms with Crippen molar-refractivity contribution in [2.45, 2.75) is 25.6 Å². The zero-order chi connectivity index (χ0) is 15.5. The van der Waals surface area contributed by atoms with Crippen LogP contribution in [0.3, 0.4) is 0 Å². The summed E-state index contributed by atoms with van der Waals surface area (Å²) in [4.78, 5) is 0. The Labute approximate surface area is 123 Å². The quantitative estimate of drug-likeness (QED) is 0.744. The Bertz CT molecular complexity index is 627. The van der Waals surface area contributed by atoms with Crippen LogP contribution in [0.5, 0.6) is 0 Å². The lowest BCUT2D eigenvalue weighted by molar-refractivity contribution is 0.0627. The molecular weight excluding hydrogens is 293 g/mol. The Kier molecular flexibility index (Phi) is 4.60. The highest BCUT2D eigenvalue weighted by molar-refractivity contribution is 7.67. The van der Waals surface area contributed by atoms with E-state index in [0.717, 1.165) is 0 Å². The minimum absolute atomic E-state index is 0.0209. The third kappa shape index (κ3) is 3.07. The Morgan fingerprint density at radius 3 is 1.90 bits per heavy atom. The van der Waals surface area contributed by atoms with E-state index in [0.29, 0.717) is 0 Å². The predicted octanol–water partition coefficient (Wildman–Crippen LogP) is 4.76. The maximum Gasteiger partial charge on any atom is 0.350 e. The van der Waals surface area contributed by atoms with Gasteiger partial charge in [-0.05, 0) is 26.0 Å². The third-order valence-corrected chi connectivity index (χ3v) is 5.64. The summed E-state index contributed by atoms with van der Waals surface area (Å²) in [5.41, 5.74) is -3.89. The van der Waals surface area contributed by atoms with Gasteiger partial charge in [0, 0.05) is 10.9 Å². The summed E-state index contributed by atoms with van der Waals surface area (Å²) in [7, 11) is -4.39. The molecule has 21 heavy (non-hydrogen) atoms. The number of hydrogen-bond donors (Lipinski definition) is 0. The summed E-state index contributed by atoms with van der Waals surface area (Å²) in [5, 5.41) is 0.0209. The fraction of sp³-hybridized carbons (Fsp3) is 0.250. The van der Waals surface area contributed by atoms with E-state index in [1.165, 1.54) is 36.4 Å². The molecule has 0 bridgehead atoms. The summed E-state index contributed by atoms with van der Waals surface area (Å²) in [6.45, 7) is 3.19. The van der Waals surface area contributed by atoms with Gasteiger partial charge >= 0.3 is 13.0 Å². The fourth-order valence-electron chi connectivity index (χ4n) is 2.02. The normalized spacial score (nSPS) is 14.9. The predicted molar refractivity (Wildman–Crippen MR) is 80.2 cm³/mol. The molecule has 112 valence electrons.